The highest BCUT2D eigenvalue weighted by molar-refractivity contribution is 5.67. The Morgan fingerprint density at radius 1 is 1.47 bits per heavy atom. The van der Waals surface area contributed by atoms with Crippen LogP contribution in [0.3, 0.4) is 0 Å². The molecule has 1 atom stereocenters. The van der Waals surface area contributed by atoms with Gasteiger partial charge in [0.2, 0.25) is 0 Å². The van der Waals surface area contributed by atoms with Crippen molar-refractivity contribution in [3.63, 3.8) is 0 Å². The number of hydrogen-bond acceptors (Lipinski definition) is 3. The first kappa shape index (κ1) is 14.3. The summed E-state index contributed by atoms with van der Waals surface area (Å²) in [5.74, 6) is 0.702. The quantitative estimate of drug-likeness (QED) is 0.825. The molecule has 4 nitrogen and oxygen atoms in total. The molecule has 1 amide bonds. The van der Waals surface area contributed by atoms with E-state index in [0.717, 1.165) is 26.1 Å². The van der Waals surface area contributed by atoms with Gasteiger partial charge in [0.1, 0.15) is 5.60 Å². The maximum atomic E-state index is 11.7. The Morgan fingerprint density at radius 2 is 2.18 bits per heavy atom. The summed E-state index contributed by atoms with van der Waals surface area (Å²) in [6, 6.07) is 0. The van der Waals surface area contributed by atoms with Crippen LogP contribution in [0.15, 0.2) is 0 Å². The van der Waals surface area contributed by atoms with Gasteiger partial charge in [-0.3, -0.25) is 0 Å². The maximum Gasteiger partial charge on any atom is 0.410 e. The van der Waals surface area contributed by atoms with Crippen molar-refractivity contribution in [3.05, 3.63) is 0 Å². The first-order chi connectivity index (χ1) is 7.88. The highest BCUT2D eigenvalue weighted by Gasteiger charge is 2.20. The van der Waals surface area contributed by atoms with E-state index in [9.17, 15) is 4.79 Å². The van der Waals surface area contributed by atoms with E-state index in [1.54, 1.807) is 4.90 Å². The monoisotopic (exact) mass is 242 g/mol. The third kappa shape index (κ3) is 5.91. The largest absolute Gasteiger partial charge is 0.444 e. The minimum Gasteiger partial charge on any atom is -0.444 e. The molecule has 17 heavy (non-hydrogen) atoms. The van der Waals surface area contributed by atoms with Gasteiger partial charge in [0, 0.05) is 13.6 Å². The number of rotatable bonds is 3. The zero-order valence-corrected chi connectivity index (χ0v) is 11.6. The van der Waals surface area contributed by atoms with Crippen molar-refractivity contribution >= 4 is 6.09 Å². The van der Waals surface area contributed by atoms with Crippen LogP contribution in [0.2, 0.25) is 0 Å². The Bertz CT molecular complexity index is 242. The van der Waals surface area contributed by atoms with Crippen LogP contribution in [0.25, 0.3) is 0 Å². The van der Waals surface area contributed by atoms with E-state index < -0.39 is 5.60 Å². The smallest absolute Gasteiger partial charge is 0.410 e. The number of piperidine rings is 1. The summed E-state index contributed by atoms with van der Waals surface area (Å²) in [5, 5.41) is 3.39. The standard InChI is InChI=1S/C13H26N2O2/c1-13(2,3)17-12(16)15(4)9-7-11-6-5-8-14-10-11/h11,14H,5-10H2,1-4H3/t11-/m0/s1. The van der Waals surface area contributed by atoms with Crippen LogP contribution in [0, 0.1) is 5.92 Å². The number of nitrogens with zero attached hydrogens (tertiary/aromatic N) is 1. The van der Waals surface area contributed by atoms with E-state index >= 15 is 0 Å². The summed E-state index contributed by atoms with van der Waals surface area (Å²) < 4.78 is 5.31. The summed E-state index contributed by atoms with van der Waals surface area (Å²) in [4.78, 5) is 13.4. The van der Waals surface area contributed by atoms with Crippen LogP contribution in [0.4, 0.5) is 4.79 Å². The molecular formula is C13H26N2O2. The van der Waals surface area contributed by atoms with Gasteiger partial charge in [-0.05, 0) is 59.0 Å². The molecular weight excluding hydrogens is 216 g/mol. The van der Waals surface area contributed by atoms with Crippen molar-refractivity contribution in [1.82, 2.24) is 10.2 Å². The van der Waals surface area contributed by atoms with Gasteiger partial charge in [-0.25, -0.2) is 4.79 Å². The molecule has 0 radical (unpaired) electrons. The van der Waals surface area contributed by atoms with Gasteiger partial charge >= 0.3 is 6.09 Å². The summed E-state index contributed by atoms with van der Waals surface area (Å²) in [5.41, 5.74) is -0.405. The Balaban J connectivity index is 2.23. The molecule has 0 saturated carbocycles. The normalized spacial score (nSPS) is 21.1. The fourth-order valence-corrected chi connectivity index (χ4v) is 1.98. The van der Waals surface area contributed by atoms with Gasteiger partial charge in [-0.2, -0.15) is 0 Å². The highest BCUT2D eigenvalue weighted by atomic mass is 16.6. The van der Waals surface area contributed by atoms with Crippen LogP contribution in [0.5, 0.6) is 0 Å². The highest BCUT2D eigenvalue weighted by Crippen LogP contribution is 2.15. The van der Waals surface area contributed by atoms with Crippen LogP contribution >= 0.6 is 0 Å². The zero-order chi connectivity index (χ0) is 12.9. The first-order valence-electron chi connectivity index (χ1n) is 6.53. The summed E-state index contributed by atoms with van der Waals surface area (Å²) >= 11 is 0. The number of carbonyl (C=O) groups is 1. The molecule has 1 aliphatic rings. The van der Waals surface area contributed by atoms with Crippen molar-refractivity contribution in [3.8, 4) is 0 Å². The second kappa shape index (κ2) is 6.24. The molecule has 0 bridgehead atoms. The predicted molar refractivity (Wildman–Crippen MR) is 69.1 cm³/mol. The van der Waals surface area contributed by atoms with Crippen LogP contribution in [-0.2, 0) is 4.74 Å². The molecule has 1 rings (SSSR count). The number of ether oxygens (including phenoxy) is 1. The molecule has 0 aromatic carbocycles. The molecule has 0 spiro atoms. The summed E-state index contributed by atoms with van der Waals surface area (Å²) in [7, 11) is 1.81. The molecule has 1 aliphatic heterocycles. The number of amides is 1. The van der Waals surface area contributed by atoms with Crippen molar-refractivity contribution in [2.75, 3.05) is 26.7 Å². The first-order valence-corrected chi connectivity index (χ1v) is 6.53. The number of carbonyl (C=O) groups excluding carboxylic acids is 1. The van der Waals surface area contributed by atoms with E-state index in [1.807, 2.05) is 27.8 Å². The third-order valence-electron chi connectivity index (χ3n) is 2.98. The van der Waals surface area contributed by atoms with Gasteiger partial charge in [-0.15, -0.1) is 0 Å². The zero-order valence-electron chi connectivity index (χ0n) is 11.6. The van der Waals surface area contributed by atoms with Crippen molar-refractivity contribution in [1.29, 1.82) is 0 Å². The Kier molecular flexibility index (Phi) is 5.25. The fraction of sp³-hybridized carbons (Fsp3) is 0.923. The minimum atomic E-state index is -0.405. The lowest BCUT2D eigenvalue weighted by Gasteiger charge is -2.27. The van der Waals surface area contributed by atoms with E-state index in [-0.39, 0.29) is 6.09 Å². The van der Waals surface area contributed by atoms with Gasteiger partial charge in [-0.1, -0.05) is 0 Å². The average molecular weight is 242 g/mol. The lowest BCUT2D eigenvalue weighted by atomic mass is 9.96. The molecule has 0 aromatic rings. The third-order valence-corrected chi connectivity index (χ3v) is 2.98. The van der Waals surface area contributed by atoms with Crippen LogP contribution in [-0.4, -0.2) is 43.3 Å². The van der Waals surface area contributed by atoms with Crippen LogP contribution in [0.1, 0.15) is 40.0 Å². The molecule has 4 heteroatoms. The van der Waals surface area contributed by atoms with E-state index in [1.165, 1.54) is 12.8 Å². The van der Waals surface area contributed by atoms with Gasteiger partial charge in [0.05, 0.1) is 0 Å². The van der Waals surface area contributed by atoms with Gasteiger partial charge < -0.3 is 15.0 Å². The van der Waals surface area contributed by atoms with E-state index in [2.05, 4.69) is 5.32 Å². The molecule has 0 aromatic heterocycles. The summed E-state index contributed by atoms with van der Waals surface area (Å²) in [6.45, 7) is 8.68. The fourth-order valence-electron chi connectivity index (χ4n) is 1.98. The van der Waals surface area contributed by atoms with Gasteiger partial charge in [0.15, 0.2) is 0 Å². The van der Waals surface area contributed by atoms with E-state index in [4.69, 9.17) is 4.74 Å². The molecule has 1 saturated heterocycles. The molecule has 0 unspecified atom stereocenters. The minimum absolute atomic E-state index is 0.221. The summed E-state index contributed by atoms with van der Waals surface area (Å²) in [6.07, 6.45) is 3.36. The second-order valence-electron chi connectivity index (χ2n) is 5.90. The Hall–Kier alpha value is -0.770. The molecule has 1 heterocycles. The Labute approximate surface area is 105 Å². The molecule has 1 fully saturated rings. The molecule has 1 N–H and O–H groups in total. The lowest BCUT2D eigenvalue weighted by Crippen LogP contribution is -2.37. The topological polar surface area (TPSA) is 41.6 Å². The predicted octanol–water partition coefficient (Wildman–Crippen LogP) is 2.24. The molecule has 100 valence electrons. The van der Waals surface area contributed by atoms with Crippen molar-refractivity contribution in [2.24, 2.45) is 5.92 Å². The second-order valence-corrected chi connectivity index (χ2v) is 5.90. The van der Waals surface area contributed by atoms with Crippen molar-refractivity contribution in [2.45, 2.75) is 45.6 Å². The Morgan fingerprint density at radius 3 is 2.71 bits per heavy atom. The lowest BCUT2D eigenvalue weighted by molar-refractivity contribution is 0.0288. The van der Waals surface area contributed by atoms with Crippen molar-refractivity contribution < 1.29 is 9.53 Å². The van der Waals surface area contributed by atoms with Gasteiger partial charge in [0.25, 0.3) is 0 Å². The number of hydrogen-bond donors (Lipinski definition) is 1. The average Bonchev–Trinajstić information content (AvgIpc) is 2.25. The maximum absolute atomic E-state index is 11.7. The van der Waals surface area contributed by atoms with Crippen LogP contribution < -0.4 is 5.32 Å². The van der Waals surface area contributed by atoms with E-state index in [0.29, 0.717) is 5.92 Å². The molecule has 0 aliphatic carbocycles. The SMILES string of the molecule is CN(CC[C@@H]1CCCNC1)C(=O)OC(C)(C)C. The number of nitrogens with one attached hydrogen (secondary N) is 1.